The van der Waals surface area contributed by atoms with Crippen LogP contribution in [0.4, 0.5) is 5.69 Å². The molecule has 1 unspecified atom stereocenters. The normalized spacial score (nSPS) is 18.8. The Labute approximate surface area is 93.6 Å². The summed E-state index contributed by atoms with van der Waals surface area (Å²) in [5.74, 6) is -0.146. The van der Waals surface area contributed by atoms with E-state index in [4.69, 9.17) is 16.3 Å². The lowest BCUT2D eigenvalue weighted by Crippen LogP contribution is -2.15. The summed E-state index contributed by atoms with van der Waals surface area (Å²) in [7, 11) is 0. The van der Waals surface area contributed by atoms with Gasteiger partial charge in [0.1, 0.15) is 6.04 Å². The van der Waals surface area contributed by atoms with Crippen LogP contribution in [0.25, 0.3) is 0 Å². The third kappa shape index (κ3) is 2.23. The van der Waals surface area contributed by atoms with Gasteiger partial charge >= 0.3 is 5.97 Å². The maximum atomic E-state index is 11.4. The van der Waals surface area contributed by atoms with E-state index in [0.717, 1.165) is 12.2 Å². The van der Waals surface area contributed by atoms with E-state index in [9.17, 15) is 4.79 Å². The largest absolute Gasteiger partial charge is 0.464 e. The van der Waals surface area contributed by atoms with Gasteiger partial charge in [-0.25, -0.2) is 4.79 Å². The minimum atomic E-state index is -0.146. The molecule has 1 atom stereocenters. The molecule has 1 aliphatic heterocycles. The van der Waals surface area contributed by atoms with Crippen molar-refractivity contribution >= 4 is 23.3 Å². The van der Waals surface area contributed by atoms with E-state index in [-0.39, 0.29) is 12.0 Å². The molecule has 80 valence electrons. The van der Waals surface area contributed by atoms with Gasteiger partial charge in [-0.2, -0.15) is 0 Å². The van der Waals surface area contributed by atoms with Crippen LogP contribution in [-0.4, -0.2) is 25.2 Å². The van der Waals surface area contributed by atoms with Crippen LogP contribution in [0, 0.1) is 0 Å². The van der Waals surface area contributed by atoms with Crippen molar-refractivity contribution in [3.8, 4) is 0 Å². The summed E-state index contributed by atoms with van der Waals surface area (Å²) in [6.45, 7) is 2.98. The summed E-state index contributed by atoms with van der Waals surface area (Å²) >= 11 is 5.78. The highest BCUT2D eigenvalue weighted by Gasteiger charge is 2.41. The van der Waals surface area contributed by atoms with Gasteiger partial charge in [0.2, 0.25) is 0 Å². The Morgan fingerprint density at radius 2 is 2.20 bits per heavy atom. The smallest absolute Gasteiger partial charge is 0.330 e. The van der Waals surface area contributed by atoms with Gasteiger partial charge in [-0.05, 0) is 31.2 Å². The summed E-state index contributed by atoms with van der Waals surface area (Å²) in [6, 6.07) is 7.34. The van der Waals surface area contributed by atoms with Crippen molar-refractivity contribution in [1.82, 2.24) is 0 Å². The van der Waals surface area contributed by atoms with Gasteiger partial charge in [-0.1, -0.05) is 11.6 Å². The zero-order valence-electron chi connectivity index (χ0n) is 8.44. The molecule has 15 heavy (non-hydrogen) atoms. The quantitative estimate of drug-likeness (QED) is 0.583. The minimum Gasteiger partial charge on any atom is -0.464 e. The molecule has 2 rings (SSSR count). The lowest BCUT2D eigenvalue weighted by molar-refractivity contribution is -0.142. The Kier molecular flexibility index (Phi) is 2.82. The van der Waals surface area contributed by atoms with E-state index in [1.807, 2.05) is 36.1 Å². The molecule has 0 bridgehead atoms. The van der Waals surface area contributed by atoms with Crippen molar-refractivity contribution in [3.63, 3.8) is 0 Å². The average molecular weight is 226 g/mol. The van der Waals surface area contributed by atoms with Crippen molar-refractivity contribution in [2.45, 2.75) is 13.0 Å². The number of halogens is 1. The lowest BCUT2D eigenvalue weighted by atomic mass is 10.3. The van der Waals surface area contributed by atoms with Crippen LogP contribution in [-0.2, 0) is 9.53 Å². The van der Waals surface area contributed by atoms with Crippen molar-refractivity contribution in [2.75, 3.05) is 18.1 Å². The molecule has 3 nitrogen and oxygen atoms in total. The van der Waals surface area contributed by atoms with Gasteiger partial charge in [-0.15, -0.1) is 0 Å². The standard InChI is InChI=1S/C11H12ClNO2/c1-2-15-11(14)10-7-13(10)9-5-3-8(12)4-6-9/h3-6,10H,2,7H2,1H3. The topological polar surface area (TPSA) is 29.3 Å². The molecule has 1 saturated heterocycles. The van der Waals surface area contributed by atoms with E-state index >= 15 is 0 Å². The third-order valence-corrected chi connectivity index (χ3v) is 2.58. The molecule has 1 aliphatic rings. The molecule has 0 aromatic heterocycles. The van der Waals surface area contributed by atoms with E-state index in [1.165, 1.54) is 0 Å². The van der Waals surface area contributed by atoms with Crippen LogP contribution in [0.1, 0.15) is 6.92 Å². The monoisotopic (exact) mass is 225 g/mol. The van der Waals surface area contributed by atoms with E-state index < -0.39 is 0 Å². The van der Waals surface area contributed by atoms with E-state index in [0.29, 0.717) is 11.6 Å². The second kappa shape index (κ2) is 4.11. The van der Waals surface area contributed by atoms with E-state index in [2.05, 4.69) is 0 Å². The minimum absolute atomic E-state index is 0.105. The number of ether oxygens (including phenoxy) is 1. The van der Waals surface area contributed by atoms with Crippen LogP contribution in [0.3, 0.4) is 0 Å². The molecule has 1 fully saturated rings. The van der Waals surface area contributed by atoms with Crippen LogP contribution in [0.5, 0.6) is 0 Å². The highest BCUT2D eigenvalue weighted by molar-refractivity contribution is 6.30. The van der Waals surface area contributed by atoms with Crippen molar-refractivity contribution < 1.29 is 9.53 Å². The fourth-order valence-electron chi connectivity index (χ4n) is 1.50. The summed E-state index contributed by atoms with van der Waals surface area (Å²) in [5, 5.41) is 0.702. The number of hydrogen-bond acceptors (Lipinski definition) is 3. The number of benzene rings is 1. The van der Waals surface area contributed by atoms with Gasteiger partial charge in [0, 0.05) is 10.7 Å². The SMILES string of the molecule is CCOC(=O)C1CN1c1ccc(Cl)cc1. The Morgan fingerprint density at radius 1 is 1.53 bits per heavy atom. The summed E-state index contributed by atoms with van der Waals surface area (Å²) in [4.78, 5) is 13.3. The number of carbonyl (C=O) groups excluding carboxylic acids is 1. The predicted octanol–water partition coefficient (Wildman–Crippen LogP) is 2.09. The molecular weight excluding hydrogens is 214 g/mol. The molecule has 0 radical (unpaired) electrons. The molecule has 0 amide bonds. The molecule has 0 aliphatic carbocycles. The van der Waals surface area contributed by atoms with Gasteiger partial charge in [0.25, 0.3) is 0 Å². The van der Waals surface area contributed by atoms with Crippen LogP contribution < -0.4 is 4.90 Å². The molecule has 0 saturated carbocycles. The lowest BCUT2D eigenvalue weighted by Gasteiger charge is -2.05. The van der Waals surface area contributed by atoms with Crippen molar-refractivity contribution in [2.24, 2.45) is 0 Å². The van der Waals surface area contributed by atoms with Crippen LogP contribution in [0.15, 0.2) is 24.3 Å². The Balaban J connectivity index is 1.98. The molecule has 1 heterocycles. The molecular formula is C11H12ClNO2. The first-order valence-electron chi connectivity index (χ1n) is 4.91. The van der Waals surface area contributed by atoms with Crippen molar-refractivity contribution in [1.29, 1.82) is 0 Å². The first kappa shape index (κ1) is 10.3. The van der Waals surface area contributed by atoms with Crippen LogP contribution in [0.2, 0.25) is 5.02 Å². The zero-order chi connectivity index (χ0) is 10.8. The average Bonchev–Trinajstić information content (AvgIpc) is 2.99. The Bertz CT molecular complexity index is 363. The third-order valence-electron chi connectivity index (χ3n) is 2.33. The maximum absolute atomic E-state index is 11.4. The summed E-state index contributed by atoms with van der Waals surface area (Å²) in [6.07, 6.45) is 0. The number of esters is 1. The van der Waals surface area contributed by atoms with Gasteiger partial charge in [0.05, 0.1) is 13.2 Å². The Hall–Kier alpha value is -1.22. The van der Waals surface area contributed by atoms with Gasteiger partial charge in [0.15, 0.2) is 0 Å². The number of rotatable bonds is 3. The van der Waals surface area contributed by atoms with Gasteiger partial charge in [-0.3, -0.25) is 0 Å². The number of nitrogens with zero attached hydrogens (tertiary/aromatic N) is 1. The molecule has 0 N–H and O–H groups in total. The van der Waals surface area contributed by atoms with Gasteiger partial charge < -0.3 is 9.64 Å². The van der Waals surface area contributed by atoms with Crippen LogP contribution >= 0.6 is 11.6 Å². The highest BCUT2D eigenvalue weighted by atomic mass is 35.5. The fraction of sp³-hybridized carbons (Fsp3) is 0.364. The molecule has 0 spiro atoms. The summed E-state index contributed by atoms with van der Waals surface area (Å²) in [5.41, 5.74) is 1.01. The zero-order valence-corrected chi connectivity index (χ0v) is 9.20. The summed E-state index contributed by atoms with van der Waals surface area (Å²) < 4.78 is 4.93. The molecule has 4 heteroatoms. The first-order chi connectivity index (χ1) is 7.22. The predicted molar refractivity (Wildman–Crippen MR) is 59.2 cm³/mol. The second-order valence-corrected chi connectivity index (χ2v) is 3.83. The number of carbonyl (C=O) groups is 1. The fourth-order valence-corrected chi connectivity index (χ4v) is 1.62. The molecule has 1 aromatic carbocycles. The van der Waals surface area contributed by atoms with E-state index in [1.54, 1.807) is 0 Å². The maximum Gasteiger partial charge on any atom is 0.330 e. The first-order valence-corrected chi connectivity index (χ1v) is 5.29. The second-order valence-electron chi connectivity index (χ2n) is 3.40. The number of anilines is 1. The van der Waals surface area contributed by atoms with Crippen molar-refractivity contribution in [3.05, 3.63) is 29.3 Å². The highest BCUT2D eigenvalue weighted by Crippen LogP contribution is 2.29. The molecule has 1 aromatic rings. The Morgan fingerprint density at radius 3 is 2.80 bits per heavy atom. The number of hydrogen-bond donors (Lipinski definition) is 0.